The van der Waals surface area contributed by atoms with Gasteiger partial charge in [0, 0.05) is 67.6 Å². The number of hydroxylamine groups is 1. The standard InChI is InChI=1S/C45H51ClN10O6S/c1-4-55-28-34(50-52-55)25-48-40-12-10-37(23-41(40)56(59)29-57)63(60,61)51-44(58)38-11-9-35(22-42(38)62-36-21-31-14-16-47-43(31)49-26-36)54-19-17-53(18-20-54)27-32-13-15-45(2,3)24-39(32)30-5-7-33(46)8-6-30/h5-12,14,16,21-23,26,28,48,57,59H,4,13,15,17-20,24-25,27,29H2,1-3H3,(H,47,49)(H,51,58). The van der Waals surface area contributed by atoms with Crippen molar-refractivity contribution in [2.24, 2.45) is 5.41 Å². The van der Waals surface area contributed by atoms with Gasteiger partial charge in [0.25, 0.3) is 15.9 Å². The van der Waals surface area contributed by atoms with Crippen molar-refractivity contribution >= 4 is 61.2 Å². The number of nitrogens with zero attached hydrogens (tertiary/aromatic N) is 7. The van der Waals surface area contributed by atoms with Crippen LogP contribution >= 0.6 is 11.6 Å². The van der Waals surface area contributed by atoms with E-state index in [1.54, 1.807) is 41.3 Å². The van der Waals surface area contributed by atoms with Crippen LogP contribution in [0, 0.1) is 5.41 Å². The first-order valence-electron chi connectivity index (χ1n) is 20.9. The minimum Gasteiger partial charge on any atom is -0.455 e. The van der Waals surface area contributed by atoms with Gasteiger partial charge in [0.2, 0.25) is 0 Å². The van der Waals surface area contributed by atoms with Crippen LogP contribution in [-0.2, 0) is 23.1 Å². The third-order valence-corrected chi connectivity index (χ3v) is 13.2. The van der Waals surface area contributed by atoms with E-state index in [4.69, 9.17) is 16.3 Å². The molecule has 4 heterocycles. The van der Waals surface area contributed by atoms with Gasteiger partial charge >= 0.3 is 0 Å². The summed E-state index contributed by atoms with van der Waals surface area (Å²) in [5.41, 5.74) is 6.67. The van der Waals surface area contributed by atoms with Crippen LogP contribution in [-0.4, -0.2) is 94.0 Å². The second-order valence-corrected chi connectivity index (χ2v) is 18.8. The summed E-state index contributed by atoms with van der Waals surface area (Å²) in [6, 6.07) is 20.8. The summed E-state index contributed by atoms with van der Waals surface area (Å²) in [6.07, 6.45) is 8.25. The largest absolute Gasteiger partial charge is 0.455 e. The van der Waals surface area contributed by atoms with E-state index >= 15 is 0 Å². The molecule has 16 nitrogen and oxygen atoms in total. The number of aliphatic hydroxyl groups excluding tert-OH is 1. The highest BCUT2D eigenvalue weighted by Crippen LogP contribution is 2.43. The number of benzene rings is 3. The van der Waals surface area contributed by atoms with Gasteiger partial charge in [-0.2, -0.15) is 0 Å². The fourth-order valence-corrected chi connectivity index (χ4v) is 9.21. The molecule has 0 radical (unpaired) electrons. The molecule has 8 rings (SSSR count). The number of hydrogen-bond acceptors (Lipinski definition) is 13. The average Bonchev–Trinajstić information content (AvgIpc) is 3.96. The van der Waals surface area contributed by atoms with E-state index < -0.39 is 22.7 Å². The number of amides is 1. The van der Waals surface area contributed by atoms with Gasteiger partial charge in [0.1, 0.15) is 29.6 Å². The van der Waals surface area contributed by atoms with Crippen LogP contribution in [0.4, 0.5) is 17.1 Å². The van der Waals surface area contributed by atoms with E-state index in [2.05, 4.69) is 66.1 Å². The summed E-state index contributed by atoms with van der Waals surface area (Å²) in [4.78, 5) is 25.9. The first-order valence-corrected chi connectivity index (χ1v) is 22.7. The van der Waals surface area contributed by atoms with Crippen molar-refractivity contribution in [2.45, 2.75) is 58.0 Å². The molecule has 1 aliphatic heterocycles. The zero-order valence-corrected chi connectivity index (χ0v) is 37.0. The van der Waals surface area contributed by atoms with Gasteiger partial charge in [-0.15, -0.1) is 5.10 Å². The lowest BCUT2D eigenvalue weighted by molar-refractivity contribution is 0.0979. The van der Waals surface area contributed by atoms with Crippen molar-refractivity contribution in [2.75, 3.05) is 54.7 Å². The van der Waals surface area contributed by atoms with Crippen LogP contribution in [0.5, 0.6) is 11.5 Å². The molecule has 1 fully saturated rings. The molecule has 0 unspecified atom stereocenters. The molecular weight excluding hydrogens is 844 g/mol. The first-order chi connectivity index (χ1) is 30.3. The number of halogens is 1. The molecule has 18 heteroatoms. The van der Waals surface area contributed by atoms with E-state index in [-0.39, 0.29) is 33.9 Å². The quantitative estimate of drug-likeness (QED) is 0.0511. The molecule has 1 amide bonds. The number of pyridine rings is 1. The Morgan fingerprint density at radius 2 is 1.83 bits per heavy atom. The highest BCUT2D eigenvalue weighted by molar-refractivity contribution is 7.90. The Kier molecular flexibility index (Phi) is 12.7. The summed E-state index contributed by atoms with van der Waals surface area (Å²) >= 11 is 6.25. The number of carbonyl (C=O) groups is 1. The van der Waals surface area contributed by atoms with Gasteiger partial charge in [-0.25, -0.2) is 23.2 Å². The summed E-state index contributed by atoms with van der Waals surface area (Å²) in [5.74, 6) is -0.425. The number of sulfonamides is 1. The number of aryl methyl sites for hydroxylation is 1. The van der Waals surface area contributed by atoms with E-state index in [1.165, 1.54) is 35.0 Å². The van der Waals surface area contributed by atoms with Crippen molar-refractivity contribution in [1.29, 1.82) is 0 Å². The molecule has 2 aliphatic rings. The molecule has 1 aliphatic carbocycles. The lowest BCUT2D eigenvalue weighted by Gasteiger charge is -2.39. The van der Waals surface area contributed by atoms with Crippen molar-refractivity contribution in [1.82, 2.24) is 34.6 Å². The van der Waals surface area contributed by atoms with Gasteiger partial charge in [0.15, 0.2) is 0 Å². The third-order valence-electron chi connectivity index (χ3n) is 11.6. The molecular formula is C45H51ClN10O6S. The maximum absolute atomic E-state index is 14.0. The third kappa shape index (κ3) is 10.1. The van der Waals surface area contributed by atoms with Gasteiger partial charge in [-0.1, -0.05) is 48.4 Å². The average molecular weight is 895 g/mol. The molecule has 330 valence electrons. The monoisotopic (exact) mass is 894 g/mol. The zero-order chi connectivity index (χ0) is 44.3. The Hall–Kier alpha value is -5.98. The minimum atomic E-state index is -4.52. The number of allylic oxidation sites excluding steroid dienone is 1. The maximum Gasteiger partial charge on any atom is 0.268 e. The van der Waals surface area contributed by atoms with Crippen LogP contribution in [0.3, 0.4) is 0 Å². The van der Waals surface area contributed by atoms with E-state index in [0.717, 1.165) is 74.1 Å². The summed E-state index contributed by atoms with van der Waals surface area (Å²) in [6.45, 7) is 10.6. The predicted molar refractivity (Wildman–Crippen MR) is 243 cm³/mol. The number of aromatic amines is 1. The molecule has 0 bridgehead atoms. The molecule has 63 heavy (non-hydrogen) atoms. The normalized spacial score (nSPS) is 15.7. The van der Waals surface area contributed by atoms with Gasteiger partial charge in [0.05, 0.1) is 40.8 Å². The first kappa shape index (κ1) is 43.7. The van der Waals surface area contributed by atoms with Crippen LogP contribution < -0.4 is 24.7 Å². The molecule has 0 atom stereocenters. The highest BCUT2D eigenvalue weighted by atomic mass is 35.5. The van der Waals surface area contributed by atoms with E-state index in [1.807, 2.05) is 25.1 Å². The topological polar surface area (TPSA) is 194 Å². The number of aliphatic hydroxyl groups is 1. The maximum atomic E-state index is 14.0. The number of rotatable bonds is 15. The van der Waals surface area contributed by atoms with Crippen LogP contribution in [0.2, 0.25) is 5.02 Å². The molecule has 0 spiro atoms. The lowest BCUT2D eigenvalue weighted by Crippen LogP contribution is -2.47. The van der Waals surface area contributed by atoms with Crippen LogP contribution in [0.15, 0.2) is 102 Å². The summed E-state index contributed by atoms with van der Waals surface area (Å²) in [5, 5.41) is 33.5. The van der Waals surface area contributed by atoms with Crippen LogP contribution in [0.25, 0.3) is 16.6 Å². The molecule has 6 aromatic rings. The number of aromatic nitrogens is 5. The van der Waals surface area contributed by atoms with E-state index in [0.29, 0.717) is 34.4 Å². The Labute approximate surface area is 371 Å². The second-order valence-electron chi connectivity index (χ2n) is 16.6. The molecule has 1 saturated heterocycles. The molecule has 5 N–H and O–H groups in total. The number of hydrogen-bond donors (Lipinski definition) is 5. The van der Waals surface area contributed by atoms with Crippen molar-refractivity contribution in [3.05, 3.63) is 119 Å². The Balaban J connectivity index is 1.01. The predicted octanol–water partition coefficient (Wildman–Crippen LogP) is 7.28. The number of H-pyrrole nitrogens is 1. The number of nitrogens with one attached hydrogen (secondary N) is 3. The zero-order valence-electron chi connectivity index (χ0n) is 35.4. The molecule has 3 aromatic carbocycles. The number of carbonyl (C=O) groups excluding carboxylic acids is 1. The smallest absolute Gasteiger partial charge is 0.268 e. The number of anilines is 3. The SMILES string of the molecule is CCn1cc(CNc2ccc(S(=O)(=O)NC(=O)c3ccc(N4CCN(CC5=C(c6ccc(Cl)cc6)CC(C)(C)CC5)CC4)cc3Oc3cnc4[nH]ccc4c3)cc2N(O)CO)nn1. The molecule has 3 aromatic heterocycles. The number of ether oxygens (including phenoxy) is 1. The Morgan fingerprint density at radius 1 is 1.03 bits per heavy atom. The van der Waals surface area contributed by atoms with E-state index in [9.17, 15) is 23.5 Å². The lowest BCUT2D eigenvalue weighted by atomic mass is 9.72. The second kappa shape index (κ2) is 18.4. The fourth-order valence-electron chi connectivity index (χ4n) is 8.09. The minimum absolute atomic E-state index is 0.0187. The number of piperazine rings is 1. The van der Waals surface area contributed by atoms with Crippen molar-refractivity contribution < 1.29 is 28.3 Å². The highest BCUT2D eigenvalue weighted by Gasteiger charge is 2.30. The molecule has 0 saturated carbocycles. The van der Waals surface area contributed by atoms with Gasteiger partial charge in [-0.05, 0) is 97.3 Å². The summed E-state index contributed by atoms with van der Waals surface area (Å²) in [7, 11) is -4.52. The fraction of sp³-hybridized carbons (Fsp3) is 0.333. The summed E-state index contributed by atoms with van der Waals surface area (Å²) < 4.78 is 37.8. The van der Waals surface area contributed by atoms with Crippen LogP contribution in [0.1, 0.15) is 61.6 Å². The Bertz CT molecular complexity index is 2750. The van der Waals surface area contributed by atoms with Gasteiger partial charge in [-0.3, -0.25) is 19.6 Å². The van der Waals surface area contributed by atoms with Crippen molar-refractivity contribution in [3.8, 4) is 11.5 Å². The Morgan fingerprint density at radius 3 is 2.57 bits per heavy atom. The van der Waals surface area contributed by atoms with Crippen molar-refractivity contribution in [3.63, 3.8) is 0 Å². The number of fused-ring (bicyclic) bond motifs is 1. The van der Waals surface area contributed by atoms with Gasteiger partial charge < -0.3 is 25.0 Å².